The fourth-order valence-electron chi connectivity index (χ4n) is 2.12. The van der Waals surface area contributed by atoms with Gasteiger partial charge in [-0.1, -0.05) is 150 Å². The molecule has 0 aliphatic heterocycles. The molecule has 1 atom stereocenters. The monoisotopic (exact) mass is 393 g/mol. The molecule has 0 nitrogen and oxygen atoms in total. The zero-order valence-electron chi connectivity index (χ0n) is 22.4. The summed E-state index contributed by atoms with van der Waals surface area (Å²) < 4.78 is 0. The van der Waals surface area contributed by atoms with Crippen molar-refractivity contribution in [2.24, 2.45) is 17.8 Å². The van der Waals surface area contributed by atoms with Crippen LogP contribution in [0.5, 0.6) is 0 Å². The van der Waals surface area contributed by atoms with Gasteiger partial charge in [-0.25, -0.2) is 0 Å². The van der Waals surface area contributed by atoms with Crippen molar-refractivity contribution in [1.82, 2.24) is 0 Å². The van der Waals surface area contributed by atoms with Crippen molar-refractivity contribution < 1.29 is 0 Å². The van der Waals surface area contributed by atoms with Crippen LogP contribution in [0.25, 0.3) is 0 Å². The molecule has 1 aliphatic rings. The minimum absolute atomic E-state index is 0. The molecule has 0 heteroatoms. The molecule has 1 aliphatic carbocycles. The fraction of sp³-hybridized carbons (Fsp3) is 1.00. The average Bonchev–Trinajstić information content (AvgIpc) is 2.59. The topological polar surface area (TPSA) is 0 Å². The standard InChI is InChI=1S/C10H20.4C3H8.2C2H6.CH4/c1-4-5-9(3)10-6-8(2)7-10;4*1-3-2;2*1-2;/h8-10H,4-7H2,1-3H3;4*3H2,1-2H3;2*1-2H3;1H4. The quantitative estimate of drug-likeness (QED) is 0.447. The first-order valence-corrected chi connectivity index (χ1v) is 12.4. The first-order chi connectivity index (χ1) is 12.4. The van der Waals surface area contributed by atoms with E-state index >= 15 is 0 Å². The Balaban J connectivity index is -0.0000000401. The molecule has 0 aromatic heterocycles. The second-order valence-corrected chi connectivity index (χ2v) is 6.93. The smallest absolute Gasteiger partial charge is 0.0383 e. The van der Waals surface area contributed by atoms with E-state index in [2.05, 4.69) is 76.2 Å². The second kappa shape index (κ2) is 56.2. The van der Waals surface area contributed by atoms with E-state index in [9.17, 15) is 0 Å². The summed E-state index contributed by atoms with van der Waals surface area (Å²) in [7, 11) is 0. The summed E-state index contributed by atoms with van der Waals surface area (Å²) in [4.78, 5) is 0. The molecule has 0 spiro atoms. The van der Waals surface area contributed by atoms with E-state index in [1.807, 2.05) is 27.7 Å². The highest BCUT2D eigenvalue weighted by molar-refractivity contribution is 4.79. The first kappa shape index (κ1) is 45.6. The van der Waals surface area contributed by atoms with E-state index in [-0.39, 0.29) is 7.43 Å². The van der Waals surface area contributed by atoms with Crippen LogP contribution in [-0.4, -0.2) is 0 Å². The maximum absolute atomic E-state index is 2.42. The molecule has 1 fully saturated rings. The Hall–Kier alpha value is 0. The molecule has 27 heavy (non-hydrogen) atoms. The zero-order valence-corrected chi connectivity index (χ0v) is 22.4. The van der Waals surface area contributed by atoms with Crippen molar-refractivity contribution in [2.45, 2.75) is 163 Å². The van der Waals surface area contributed by atoms with Gasteiger partial charge in [-0.3, -0.25) is 0 Å². The molecule has 0 heterocycles. The highest BCUT2D eigenvalue weighted by atomic mass is 14.3. The van der Waals surface area contributed by atoms with E-state index < -0.39 is 0 Å². The summed E-state index contributed by atoms with van der Waals surface area (Å²) in [6.45, 7) is 32.1. The lowest BCUT2D eigenvalue weighted by Gasteiger charge is -2.37. The SMILES string of the molecule is C.CC.CC.CCC.CCC.CCC.CCC.CCCC(C)C1CC(C)C1. The van der Waals surface area contributed by atoms with Gasteiger partial charge >= 0.3 is 0 Å². The Kier molecular flexibility index (Phi) is 95.0. The largest absolute Gasteiger partial charge is 0.0776 e. The number of rotatable bonds is 3. The van der Waals surface area contributed by atoms with Gasteiger partial charge in [0.2, 0.25) is 0 Å². The Morgan fingerprint density at radius 3 is 1.00 bits per heavy atom. The van der Waals surface area contributed by atoms with E-state index in [4.69, 9.17) is 0 Å². The zero-order chi connectivity index (χ0) is 22.4. The summed E-state index contributed by atoms with van der Waals surface area (Å²) in [5.41, 5.74) is 0. The third kappa shape index (κ3) is 66.6. The lowest BCUT2D eigenvalue weighted by molar-refractivity contribution is 0.140. The molecule has 176 valence electrons. The van der Waals surface area contributed by atoms with Crippen molar-refractivity contribution in [3.8, 4) is 0 Å². The molecule has 1 rings (SSSR count). The van der Waals surface area contributed by atoms with Gasteiger partial charge < -0.3 is 0 Å². The molecule has 0 saturated heterocycles. The average molecular weight is 393 g/mol. The maximum atomic E-state index is 2.42. The molecule has 1 saturated carbocycles. The predicted molar refractivity (Wildman–Crippen MR) is 139 cm³/mol. The molecule has 0 bridgehead atoms. The first-order valence-electron chi connectivity index (χ1n) is 12.4. The summed E-state index contributed by atoms with van der Waals surface area (Å²) in [5, 5.41) is 0. The van der Waals surface area contributed by atoms with Crippen LogP contribution in [-0.2, 0) is 0 Å². The van der Waals surface area contributed by atoms with Crippen LogP contribution in [0, 0.1) is 17.8 Å². The Bertz CT molecular complexity index is 122. The summed E-state index contributed by atoms with van der Waals surface area (Å²) >= 11 is 0. The van der Waals surface area contributed by atoms with Gasteiger partial charge in [0, 0.05) is 0 Å². The summed E-state index contributed by atoms with van der Waals surface area (Å²) in [6.07, 6.45) is 10.8. The van der Waals surface area contributed by atoms with Crippen LogP contribution < -0.4 is 0 Å². The lowest BCUT2D eigenvalue weighted by Crippen LogP contribution is -2.26. The van der Waals surface area contributed by atoms with Crippen LogP contribution in [0.3, 0.4) is 0 Å². The van der Waals surface area contributed by atoms with Crippen molar-refractivity contribution in [3.05, 3.63) is 0 Å². The summed E-state index contributed by atoms with van der Waals surface area (Å²) in [6, 6.07) is 0. The van der Waals surface area contributed by atoms with Crippen LogP contribution in [0.2, 0.25) is 0 Å². The van der Waals surface area contributed by atoms with Crippen molar-refractivity contribution in [3.63, 3.8) is 0 Å². The lowest BCUT2D eigenvalue weighted by atomic mass is 9.69. The van der Waals surface area contributed by atoms with E-state index in [1.54, 1.807) is 0 Å². The highest BCUT2D eigenvalue weighted by Crippen LogP contribution is 2.39. The van der Waals surface area contributed by atoms with Crippen LogP contribution in [0.4, 0.5) is 0 Å². The molecule has 0 amide bonds. The van der Waals surface area contributed by atoms with E-state index in [0.717, 1.165) is 17.8 Å². The number of hydrogen-bond acceptors (Lipinski definition) is 0. The molecule has 0 N–H and O–H groups in total. The molecule has 1 unspecified atom stereocenters. The minimum atomic E-state index is 0. The molecule has 0 aromatic rings. The van der Waals surface area contributed by atoms with Gasteiger partial charge in [0.05, 0.1) is 0 Å². The van der Waals surface area contributed by atoms with E-state index in [1.165, 1.54) is 51.4 Å². The van der Waals surface area contributed by atoms with Crippen LogP contribution in [0.15, 0.2) is 0 Å². The van der Waals surface area contributed by atoms with Crippen molar-refractivity contribution in [2.75, 3.05) is 0 Å². The van der Waals surface area contributed by atoms with Gasteiger partial charge in [0.25, 0.3) is 0 Å². The molecule has 0 aromatic carbocycles. The van der Waals surface area contributed by atoms with Crippen molar-refractivity contribution >= 4 is 0 Å². The molecular weight excluding hydrogens is 324 g/mol. The fourth-order valence-corrected chi connectivity index (χ4v) is 2.12. The van der Waals surface area contributed by atoms with Crippen molar-refractivity contribution in [1.29, 1.82) is 0 Å². The van der Waals surface area contributed by atoms with Gasteiger partial charge in [-0.2, -0.15) is 0 Å². The Morgan fingerprint density at radius 1 is 0.630 bits per heavy atom. The van der Waals surface area contributed by atoms with Crippen LogP contribution >= 0.6 is 0 Å². The highest BCUT2D eigenvalue weighted by Gasteiger charge is 2.28. The molecular formula is C27H68. The third-order valence-corrected chi connectivity index (χ3v) is 2.96. The van der Waals surface area contributed by atoms with Gasteiger partial charge in [0.1, 0.15) is 0 Å². The minimum Gasteiger partial charge on any atom is -0.0776 e. The van der Waals surface area contributed by atoms with Crippen LogP contribution in [0.1, 0.15) is 163 Å². The predicted octanol–water partition coefficient (Wildman–Crippen LogP) is 11.8. The van der Waals surface area contributed by atoms with Gasteiger partial charge in [0.15, 0.2) is 0 Å². The maximum Gasteiger partial charge on any atom is -0.0383 e. The Morgan fingerprint density at radius 2 is 0.852 bits per heavy atom. The second-order valence-electron chi connectivity index (χ2n) is 6.93. The third-order valence-electron chi connectivity index (χ3n) is 2.96. The normalized spacial score (nSPS) is 16.1. The number of hydrogen-bond donors (Lipinski definition) is 0. The van der Waals surface area contributed by atoms with Gasteiger partial charge in [-0.05, 0) is 30.6 Å². The Labute approximate surface area is 180 Å². The van der Waals surface area contributed by atoms with Gasteiger partial charge in [-0.15, -0.1) is 0 Å². The molecule has 0 radical (unpaired) electrons. The summed E-state index contributed by atoms with van der Waals surface area (Å²) in [5.74, 6) is 3.11. The van der Waals surface area contributed by atoms with E-state index in [0.29, 0.717) is 0 Å².